The molecule has 2 amide bonds. The normalized spacial score (nSPS) is 13.6. The molecule has 1 aliphatic rings. The average Bonchev–Trinajstić information content (AvgIpc) is 2.71. The monoisotopic (exact) mass is 371 g/mol. The third kappa shape index (κ3) is 2.27. The lowest BCUT2D eigenvalue weighted by atomic mass is 9.94. The van der Waals surface area contributed by atoms with Crippen LogP contribution in [0.3, 0.4) is 0 Å². The van der Waals surface area contributed by atoms with E-state index in [0.29, 0.717) is 38.4 Å². The van der Waals surface area contributed by atoms with E-state index in [9.17, 15) is 9.59 Å². The van der Waals surface area contributed by atoms with E-state index in [1.807, 2.05) is 54.8 Å². The van der Waals surface area contributed by atoms with Crippen LogP contribution in [0.25, 0.3) is 21.7 Å². The molecule has 0 aliphatic carbocycles. The molecule has 4 aromatic rings. The third-order valence-corrected chi connectivity index (χ3v) is 5.28. The van der Waals surface area contributed by atoms with Crippen LogP contribution in [0.2, 0.25) is 0 Å². The van der Waals surface area contributed by atoms with Gasteiger partial charge in [-0.2, -0.15) is 0 Å². The van der Waals surface area contributed by atoms with Gasteiger partial charge in [-0.25, -0.2) is 14.9 Å². The van der Waals surface area contributed by atoms with Crippen molar-refractivity contribution < 1.29 is 9.59 Å². The van der Waals surface area contributed by atoms with Gasteiger partial charge in [0.05, 0.1) is 5.52 Å². The molecule has 0 radical (unpaired) electrons. The highest BCUT2D eigenvalue weighted by atomic mass is 32.2. The number of para-hydroxylation sites is 1. The summed E-state index contributed by atoms with van der Waals surface area (Å²) in [6.45, 7) is 0. The zero-order chi connectivity index (χ0) is 18.5. The van der Waals surface area contributed by atoms with Gasteiger partial charge < -0.3 is 0 Å². The predicted octanol–water partition coefficient (Wildman–Crippen LogP) is 4.31. The Morgan fingerprint density at radius 1 is 0.815 bits per heavy atom. The smallest absolute Gasteiger partial charge is 0.267 e. The number of anilines is 1. The Morgan fingerprint density at radius 2 is 1.48 bits per heavy atom. The van der Waals surface area contributed by atoms with E-state index in [1.165, 1.54) is 16.7 Å². The molecular weight excluding hydrogens is 358 g/mol. The van der Waals surface area contributed by atoms with Gasteiger partial charge >= 0.3 is 0 Å². The number of carbonyl (C=O) groups is 2. The van der Waals surface area contributed by atoms with Crippen LogP contribution in [0.5, 0.6) is 0 Å². The van der Waals surface area contributed by atoms with Crippen LogP contribution in [-0.4, -0.2) is 28.0 Å². The molecule has 0 unspecified atom stereocenters. The number of amides is 2. The molecule has 1 aliphatic heterocycles. The molecule has 5 rings (SSSR count). The van der Waals surface area contributed by atoms with Gasteiger partial charge in [0.25, 0.3) is 11.8 Å². The van der Waals surface area contributed by atoms with Crippen LogP contribution in [0.15, 0.2) is 65.8 Å². The summed E-state index contributed by atoms with van der Waals surface area (Å²) < 4.78 is 0. The first kappa shape index (κ1) is 16.0. The van der Waals surface area contributed by atoms with Gasteiger partial charge in [0.1, 0.15) is 0 Å². The predicted molar refractivity (Wildman–Crippen MR) is 106 cm³/mol. The lowest BCUT2D eigenvalue weighted by Crippen LogP contribution is -2.41. The molecule has 0 bridgehead atoms. The number of carbonyl (C=O) groups excluding carboxylic acids is 2. The van der Waals surface area contributed by atoms with E-state index >= 15 is 0 Å². The van der Waals surface area contributed by atoms with Crippen LogP contribution in [-0.2, 0) is 0 Å². The van der Waals surface area contributed by atoms with Crippen molar-refractivity contribution in [3.05, 3.63) is 71.8 Å². The number of fused-ring (bicyclic) bond motifs is 1. The fourth-order valence-electron chi connectivity index (χ4n) is 3.52. The topological polar surface area (TPSA) is 63.2 Å². The maximum absolute atomic E-state index is 13.3. The molecule has 0 fully saturated rings. The average molecular weight is 371 g/mol. The largest absolute Gasteiger partial charge is 0.268 e. The summed E-state index contributed by atoms with van der Waals surface area (Å²) in [4.78, 5) is 36.8. The number of nitrogens with zero attached hydrogens (tertiary/aromatic N) is 3. The summed E-state index contributed by atoms with van der Waals surface area (Å²) in [5.74, 6) is -0.396. The number of hydrogen-bond donors (Lipinski definition) is 0. The lowest BCUT2D eigenvalue weighted by Gasteiger charge is -2.27. The van der Waals surface area contributed by atoms with Crippen molar-refractivity contribution >= 4 is 51.1 Å². The molecule has 0 saturated carbocycles. The Bertz CT molecular complexity index is 1220. The molecule has 1 aromatic heterocycles. The Hall–Kier alpha value is -3.25. The Balaban J connectivity index is 1.82. The van der Waals surface area contributed by atoms with Gasteiger partial charge in [-0.15, -0.1) is 0 Å². The molecule has 0 saturated heterocycles. The van der Waals surface area contributed by atoms with Crippen LogP contribution in [0, 0.1) is 0 Å². The molecule has 5 nitrogen and oxygen atoms in total. The Labute approximate surface area is 159 Å². The van der Waals surface area contributed by atoms with Crippen LogP contribution in [0.4, 0.5) is 5.82 Å². The highest BCUT2D eigenvalue weighted by Crippen LogP contribution is 2.35. The van der Waals surface area contributed by atoms with Gasteiger partial charge in [0.2, 0.25) is 0 Å². The first-order chi connectivity index (χ1) is 13.2. The van der Waals surface area contributed by atoms with E-state index in [4.69, 9.17) is 0 Å². The van der Waals surface area contributed by atoms with Crippen LogP contribution in [0.1, 0.15) is 20.7 Å². The number of benzene rings is 3. The molecular formula is C21H13N3O2S. The summed E-state index contributed by atoms with van der Waals surface area (Å²) in [6, 6.07) is 18.4. The third-order valence-electron chi connectivity index (χ3n) is 4.73. The minimum Gasteiger partial charge on any atom is -0.268 e. The SMILES string of the molecule is CSc1nc(N2C(=O)c3cccc4cccc(c34)C2=O)c2ccccc2n1. The van der Waals surface area contributed by atoms with Gasteiger partial charge in [0, 0.05) is 21.9 Å². The molecule has 0 N–H and O–H groups in total. The highest BCUT2D eigenvalue weighted by molar-refractivity contribution is 7.98. The minimum atomic E-state index is -0.361. The minimum absolute atomic E-state index is 0.325. The second-order valence-corrected chi connectivity index (χ2v) is 6.98. The number of aromatic nitrogens is 2. The number of hydrogen-bond acceptors (Lipinski definition) is 5. The van der Waals surface area contributed by atoms with E-state index in [1.54, 1.807) is 12.1 Å². The Morgan fingerprint density at radius 3 is 2.15 bits per heavy atom. The van der Waals surface area contributed by atoms with Crippen molar-refractivity contribution in [3.8, 4) is 0 Å². The van der Waals surface area contributed by atoms with Crippen molar-refractivity contribution in [2.75, 3.05) is 11.2 Å². The second kappa shape index (κ2) is 5.89. The first-order valence-electron chi connectivity index (χ1n) is 8.40. The summed E-state index contributed by atoms with van der Waals surface area (Å²) >= 11 is 1.37. The van der Waals surface area contributed by atoms with Gasteiger partial charge in [0.15, 0.2) is 11.0 Å². The molecule has 0 spiro atoms. The van der Waals surface area contributed by atoms with Crippen molar-refractivity contribution in [1.29, 1.82) is 0 Å². The van der Waals surface area contributed by atoms with E-state index in [0.717, 1.165) is 5.39 Å². The summed E-state index contributed by atoms with van der Waals surface area (Å²) in [7, 11) is 0. The zero-order valence-corrected chi connectivity index (χ0v) is 15.2. The quantitative estimate of drug-likeness (QED) is 0.299. The molecule has 3 aromatic carbocycles. The van der Waals surface area contributed by atoms with Crippen molar-refractivity contribution in [2.45, 2.75) is 5.16 Å². The number of thioether (sulfide) groups is 1. The van der Waals surface area contributed by atoms with E-state index in [-0.39, 0.29) is 11.8 Å². The van der Waals surface area contributed by atoms with Crippen molar-refractivity contribution in [2.24, 2.45) is 0 Å². The van der Waals surface area contributed by atoms with E-state index in [2.05, 4.69) is 9.97 Å². The molecule has 2 heterocycles. The molecule has 27 heavy (non-hydrogen) atoms. The number of imide groups is 1. The Kier molecular flexibility index (Phi) is 3.48. The summed E-state index contributed by atoms with van der Waals surface area (Å²) in [6.07, 6.45) is 1.86. The second-order valence-electron chi connectivity index (χ2n) is 6.21. The van der Waals surface area contributed by atoms with Crippen molar-refractivity contribution in [1.82, 2.24) is 9.97 Å². The highest BCUT2D eigenvalue weighted by Gasteiger charge is 2.35. The van der Waals surface area contributed by atoms with Gasteiger partial charge in [-0.3, -0.25) is 9.59 Å². The number of rotatable bonds is 2. The summed E-state index contributed by atoms with van der Waals surface area (Å²) in [5.41, 5.74) is 1.72. The molecule has 130 valence electrons. The lowest BCUT2D eigenvalue weighted by molar-refractivity contribution is 0.0892. The molecule has 0 atom stereocenters. The van der Waals surface area contributed by atoms with Crippen LogP contribution >= 0.6 is 11.8 Å². The fraction of sp³-hybridized carbons (Fsp3) is 0.0476. The first-order valence-corrected chi connectivity index (χ1v) is 9.63. The maximum Gasteiger partial charge on any atom is 0.267 e. The van der Waals surface area contributed by atoms with Gasteiger partial charge in [-0.1, -0.05) is 48.2 Å². The van der Waals surface area contributed by atoms with E-state index < -0.39 is 0 Å². The summed E-state index contributed by atoms with van der Waals surface area (Å²) in [5, 5.41) is 2.77. The van der Waals surface area contributed by atoms with Gasteiger partial charge in [-0.05, 0) is 35.9 Å². The maximum atomic E-state index is 13.3. The fourth-order valence-corrected chi connectivity index (χ4v) is 3.89. The standard InChI is InChI=1S/C21H13N3O2S/c1-27-21-22-16-11-3-2-8-13(16)18(23-21)24-19(25)14-9-4-6-12-7-5-10-15(17(12)14)20(24)26/h2-11H,1H3. The van der Waals surface area contributed by atoms with Crippen LogP contribution < -0.4 is 4.90 Å². The zero-order valence-electron chi connectivity index (χ0n) is 14.3. The van der Waals surface area contributed by atoms with Crippen molar-refractivity contribution in [3.63, 3.8) is 0 Å². The molecule has 6 heteroatoms.